The molecule has 0 unspecified atom stereocenters. The van der Waals surface area contributed by atoms with Gasteiger partial charge in [0, 0.05) is 6.42 Å². The van der Waals surface area contributed by atoms with Gasteiger partial charge in [-0.25, -0.2) is 0 Å². The van der Waals surface area contributed by atoms with Crippen molar-refractivity contribution < 1.29 is 9.59 Å². The Balaban J connectivity index is 1.83. The molecule has 2 aromatic rings. The smallest absolute Gasteiger partial charge is 0.251 e. The van der Waals surface area contributed by atoms with Crippen LogP contribution in [0.4, 0.5) is 5.69 Å². The van der Waals surface area contributed by atoms with Gasteiger partial charge in [-0.15, -0.1) is 0 Å². The average molecular weight is 324 g/mol. The van der Waals surface area contributed by atoms with E-state index in [1.54, 1.807) is 25.1 Å². The van der Waals surface area contributed by atoms with Gasteiger partial charge in [0.25, 0.3) is 5.91 Å². The third-order valence-electron chi connectivity index (χ3n) is 4.03. The Morgan fingerprint density at radius 2 is 1.71 bits per heavy atom. The summed E-state index contributed by atoms with van der Waals surface area (Å²) in [6, 6.07) is 13.8. The largest absolute Gasteiger partial charge is 0.366 e. The van der Waals surface area contributed by atoms with Gasteiger partial charge in [0.1, 0.15) is 0 Å². The normalized spacial score (nSPS) is 10.4. The van der Waals surface area contributed by atoms with Crippen LogP contribution in [0.3, 0.4) is 0 Å². The minimum atomic E-state index is -0.525. The zero-order valence-corrected chi connectivity index (χ0v) is 14.3. The number of hydrogen-bond acceptors (Lipinski definition) is 2. The number of benzene rings is 2. The Hall–Kier alpha value is -2.62. The highest BCUT2D eigenvalue weighted by molar-refractivity contribution is 6.04. The van der Waals surface area contributed by atoms with Gasteiger partial charge < -0.3 is 11.1 Å². The highest BCUT2D eigenvalue weighted by Crippen LogP contribution is 2.19. The maximum absolute atomic E-state index is 12.1. The molecule has 2 rings (SSSR count). The highest BCUT2D eigenvalue weighted by Gasteiger charge is 2.13. The third kappa shape index (κ3) is 4.95. The van der Waals surface area contributed by atoms with E-state index in [9.17, 15) is 9.59 Å². The maximum atomic E-state index is 12.1. The molecule has 0 saturated heterocycles. The third-order valence-corrected chi connectivity index (χ3v) is 4.03. The number of nitrogens with one attached hydrogen (secondary N) is 1. The summed E-state index contributed by atoms with van der Waals surface area (Å²) < 4.78 is 0. The van der Waals surface area contributed by atoms with Crippen molar-refractivity contribution in [3.05, 3.63) is 64.7 Å². The first-order valence-electron chi connectivity index (χ1n) is 8.22. The van der Waals surface area contributed by atoms with E-state index < -0.39 is 5.91 Å². The fourth-order valence-corrected chi connectivity index (χ4v) is 2.68. The molecule has 0 radical (unpaired) electrons. The second-order valence-corrected chi connectivity index (χ2v) is 6.10. The van der Waals surface area contributed by atoms with E-state index in [-0.39, 0.29) is 5.91 Å². The first kappa shape index (κ1) is 17.7. The van der Waals surface area contributed by atoms with Gasteiger partial charge in [0.15, 0.2) is 0 Å². The Labute approximate surface area is 143 Å². The predicted octanol–water partition coefficient (Wildman–Crippen LogP) is 3.75. The minimum absolute atomic E-state index is 0.0907. The van der Waals surface area contributed by atoms with Gasteiger partial charge in [0.2, 0.25) is 5.91 Å². The van der Waals surface area contributed by atoms with Crippen molar-refractivity contribution in [3.63, 3.8) is 0 Å². The van der Waals surface area contributed by atoms with Gasteiger partial charge in [-0.2, -0.15) is 0 Å². The summed E-state index contributed by atoms with van der Waals surface area (Å²) in [7, 11) is 0. The van der Waals surface area contributed by atoms with Crippen LogP contribution in [0.2, 0.25) is 0 Å². The lowest BCUT2D eigenvalue weighted by atomic mass is 10.0. The van der Waals surface area contributed by atoms with Crippen molar-refractivity contribution in [1.82, 2.24) is 0 Å². The molecular formula is C20H24N2O2. The van der Waals surface area contributed by atoms with E-state index in [1.807, 2.05) is 0 Å². The Bertz CT molecular complexity index is 721. The molecule has 24 heavy (non-hydrogen) atoms. The highest BCUT2D eigenvalue weighted by atomic mass is 16.2. The molecule has 126 valence electrons. The minimum Gasteiger partial charge on any atom is -0.366 e. The molecule has 0 spiro atoms. The molecule has 2 amide bonds. The monoisotopic (exact) mass is 324 g/mol. The molecule has 3 N–H and O–H groups in total. The number of rotatable bonds is 7. The summed E-state index contributed by atoms with van der Waals surface area (Å²) in [4.78, 5) is 23.6. The van der Waals surface area contributed by atoms with Crippen LogP contribution in [0.15, 0.2) is 42.5 Å². The van der Waals surface area contributed by atoms with Crippen molar-refractivity contribution in [2.45, 2.75) is 39.5 Å². The fraction of sp³-hybridized carbons (Fsp3) is 0.300. The molecule has 0 atom stereocenters. The quantitative estimate of drug-likeness (QED) is 0.761. The molecule has 0 fully saturated rings. The van der Waals surface area contributed by atoms with Gasteiger partial charge in [-0.3, -0.25) is 9.59 Å². The van der Waals surface area contributed by atoms with Crippen LogP contribution in [-0.4, -0.2) is 11.8 Å². The first-order chi connectivity index (χ1) is 11.5. The van der Waals surface area contributed by atoms with E-state index in [0.717, 1.165) is 24.8 Å². The lowest BCUT2D eigenvalue weighted by Gasteiger charge is -2.11. The van der Waals surface area contributed by atoms with Crippen LogP contribution >= 0.6 is 0 Å². The number of nitrogens with two attached hydrogens (primary N) is 1. The maximum Gasteiger partial charge on any atom is 0.251 e. The lowest BCUT2D eigenvalue weighted by molar-refractivity contribution is -0.116. The van der Waals surface area contributed by atoms with E-state index in [4.69, 9.17) is 5.73 Å². The molecule has 0 aliphatic carbocycles. The van der Waals surface area contributed by atoms with Crippen molar-refractivity contribution in [2.75, 3.05) is 5.32 Å². The van der Waals surface area contributed by atoms with Gasteiger partial charge in [-0.05, 0) is 50.3 Å². The number of anilines is 1. The second-order valence-electron chi connectivity index (χ2n) is 6.10. The van der Waals surface area contributed by atoms with Crippen molar-refractivity contribution in [2.24, 2.45) is 5.73 Å². The van der Waals surface area contributed by atoms with Crippen LogP contribution in [0.5, 0.6) is 0 Å². The molecule has 0 heterocycles. The zero-order chi connectivity index (χ0) is 17.5. The number of carbonyl (C=O) groups is 2. The molecule has 0 aliphatic rings. The van der Waals surface area contributed by atoms with Crippen LogP contribution in [0.25, 0.3) is 0 Å². The van der Waals surface area contributed by atoms with Gasteiger partial charge >= 0.3 is 0 Å². The SMILES string of the molecule is Cc1ccc(CCCCC(=O)Nc2cccc(C)c2C(N)=O)cc1. The average Bonchev–Trinajstić information content (AvgIpc) is 2.53. The number of amides is 2. The molecule has 2 aromatic carbocycles. The van der Waals surface area contributed by atoms with E-state index in [2.05, 4.69) is 36.5 Å². The Morgan fingerprint density at radius 3 is 2.38 bits per heavy atom. The van der Waals surface area contributed by atoms with Gasteiger partial charge in [0.05, 0.1) is 11.3 Å². The predicted molar refractivity (Wildman–Crippen MR) is 97.1 cm³/mol. The number of aryl methyl sites for hydroxylation is 3. The van der Waals surface area contributed by atoms with Crippen LogP contribution in [-0.2, 0) is 11.2 Å². The van der Waals surface area contributed by atoms with Crippen molar-refractivity contribution in [1.29, 1.82) is 0 Å². The first-order valence-corrected chi connectivity index (χ1v) is 8.22. The molecule has 0 saturated carbocycles. The summed E-state index contributed by atoms with van der Waals surface area (Å²) in [6.45, 7) is 3.87. The molecule has 0 aliphatic heterocycles. The molecule has 4 nitrogen and oxygen atoms in total. The van der Waals surface area contributed by atoms with Crippen LogP contribution in [0.1, 0.15) is 46.3 Å². The van der Waals surface area contributed by atoms with Crippen LogP contribution < -0.4 is 11.1 Å². The number of carbonyl (C=O) groups excluding carboxylic acids is 2. The van der Waals surface area contributed by atoms with E-state index in [1.165, 1.54) is 11.1 Å². The second kappa shape index (κ2) is 8.29. The topological polar surface area (TPSA) is 72.2 Å². The summed E-state index contributed by atoms with van der Waals surface area (Å²) in [5, 5.41) is 2.80. The Morgan fingerprint density at radius 1 is 1.00 bits per heavy atom. The fourth-order valence-electron chi connectivity index (χ4n) is 2.68. The lowest BCUT2D eigenvalue weighted by Crippen LogP contribution is -2.19. The number of hydrogen-bond donors (Lipinski definition) is 2. The summed E-state index contributed by atoms with van der Waals surface area (Å²) >= 11 is 0. The molecule has 0 bridgehead atoms. The summed E-state index contributed by atoms with van der Waals surface area (Å²) in [6.07, 6.45) is 3.15. The van der Waals surface area contributed by atoms with E-state index in [0.29, 0.717) is 17.7 Å². The number of primary amides is 1. The zero-order valence-electron chi connectivity index (χ0n) is 14.3. The summed E-state index contributed by atoms with van der Waals surface area (Å²) in [5.41, 5.74) is 9.57. The van der Waals surface area contributed by atoms with Crippen molar-refractivity contribution in [3.8, 4) is 0 Å². The van der Waals surface area contributed by atoms with Crippen molar-refractivity contribution >= 4 is 17.5 Å². The number of unbranched alkanes of at least 4 members (excludes halogenated alkanes) is 1. The Kier molecular flexibility index (Phi) is 6.13. The molecule has 4 heteroatoms. The van der Waals surface area contributed by atoms with Crippen LogP contribution in [0, 0.1) is 13.8 Å². The molecular weight excluding hydrogens is 300 g/mol. The van der Waals surface area contributed by atoms with Gasteiger partial charge in [-0.1, -0.05) is 42.0 Å². The summed E-state index contributed by atoms with van der Waals surface area (Å²) in [5.74, 6) is -0.616. The van der Waals surface area contributed by atoms with E-state index >= 15 is 0 Å². The molecule has 0 aromatic heterocycles. The standard InChI is InChI=1S/C20H24N2O2/c1-14-10-12-16(13-11-14)7-3-4-9-18(23)22-17-8-5-6-15(2)19(17)20(21)24/h5-6,8,10-13H,3-4,7,9H2,1-2H3,(H2,21,24)(H,22,23).